The summed E-state index contributed by atoms with van der Waals surface area (Å²) in [7, 11) is 4.05. The first-order chi connectivity index (χ1) is 8.22. The second-order valence-corrected chi connectivity index (χ2v) is 4.19. The van der Waals surface area contributed by atoms with Crippen LogP contribution in [-0.4, -0.2) is 25.6 Å². The molecule has 1 unspecified atom stereocenters. The molecule has 1 N–H and O–H groups in total. The summed E-state index contributed by atoms with van der Waals surface area (Å²) in [6, 6.07) is 4.58. The average Bonchev–Trinajstić information content (AvgIpc) is 2.38. The fraction of sp³-hybridized carbons (Fsp3) is 0.500. The largest absolute Gasteiger partial charge is 0.373 e. The Morgan fingerprint density at radius 1 is 1.53 bits per heavy atom. The van der Waals surface area contributed by atoms with E-state index in [1.54, 1.807) is 0 Å². The second-order valence-electron chi connectivity index (χ2n) is 4.19. The van der Waals surface area contributed by atoms with E-state index in [1.807, 2.05) is 19.3 Å². The minimum atomic E-state index is 0.350. The monoisotopic (exact) mass is 233 g/mol. The molecule has 1 aromatic rings. The van der Waals surface area contributed by atoms with Gasteiger partial charge in [-0.25, -0.2) is 0 Å². The van der Waals surface area contributed by atoms with Gasteiger partial charge in [-0.2, -0.15) is 0 Å². The Hall–Kier alpha value is -1.35. The highest BCUT2D eigenvalue weighted by molar-refractivity contribution is 5.43. The third-order valence-corrected chi connectivity index (χ3v) is 2.99. The van der Waals surface area contributed by atoms with Gasteiger partial charge in [-0.3, -0.25) is 4.98 Å². The lowest BCUT2D eigenvalue weighted by Crippen LogP contribution is -2.19. The molecule has 0 spiro atoms. The Morgan fingerprint density at radius 3 is 2.76 bits per heavy atom. The van der Waals surface area contributed by atoms with E-state index < -0.39 is 0 Å². The lowest BCUT2D eigenvalue weighted by atomic mass is 10.1. The maximum absolute atomic E-state index is 4.52. The molecule has 0 saturated heterocycles. The number of aromatic nitrogens is 1. The van der Waals surface area contributed by atoms with Gasteiger partial charge in [0.05, 0.1) is 17.6 Å². The molecule has 0 aliphatic heterocycles. The molecular weight excluding hydrogens is 210 g/mol. The van der Waals surface area contributed by atoms with Gasteiger partial charge in [0.2, 0.25) is 0 Å². The van der Waals surface area contributed by atoms with Gasteiger partial charge in [0.1, 0.15) is 0 Å². The molecule has 1 rings (SSSR count). The summed E-state index contributed by atoms with van der Waals surface area (Å²) in [5.74, 6) is 0. The van der Waals surface area contributed by atoms with E-state index in [-0.39, 0.29) is 0 Å². The minimum Gasteiger partial charge on any atom is -0.373 e. The smallest absolute Gasteiger partial charge is 0.0574 e. The van der Waals surface area contributed by atoms with Crippen LogP contribution in [0.15, 0.2) is 31.0 Å². The summed E-state index contributed by atoms with van der Waals surface area (Å²) in [5, 5.41) is 3.26. The first-order valence-electron chi connectivity index (χ1n) is 6.18. The van der Waals surface area contributed by atoms with Gasteiger partial charge in [0.15, 0.2) is 0 Å². The van der Waals surface area contributed by atoms with Crippen LogP contribution in [0, 0.1) is 0 Å². The standard InChI is InChI=1S/C14H23N3/c1-5-7-10-17(4)12-8-9-14(16-11-12)13(6-2)15-3/h5,8-9,11,13,15H,1,6-7,10H2,2-4H3. The molecule has 94 valence electrons. The molecular formula is C14H23N3. The van der Waals surface area contributed by atoms with Crippen LogP contribution in [0.25, 0.3) is 0 Å². The number of anilines is 1. The van der Waals surface area contributed by atoms with Gasteiger partial charge in [0.25, 0.3) is 0 Å². The first kappa shape index (κ1) is 13.7. The Bertz CT molecular complexity index is 328. The summed E-state index contributed by atoms with van der Waals surface area (Å²) in [6.07, 6.45) is 5.92. The summed E-state index contributed by atoms with van der Waals surface area (Å²) >= 11 is 0. The zero-order valence-corrected chi connectivity index (χ0v) is 11.1. The van der Waals surface area contributed by atoms with E-state index in [1.165, 1.54) is 0 Å². The van der Waals surface area contributed by atoms with E-state index in [0.29, 0.717) is 6.04 Å². The number of nitrogens with zero attached hydrogens (tertiary/aromatic N) is 2. The number of hydrogen-bond donors (Lipinski definition) is 1. The third-order valence-electron chi connectivity index (χ3n) is 2.99. The van der Waals surface area contributed by atoms with Crippen molar-refractivity contribution in [3.05, 3.63) is 36.7 Å². The Labute approximate surface area is 105 Å². The highest BCUT2D eigenvalue weighted by atomic mass is 15.1. The molecule has 0 fully saturated rings. The van der Waals surface area contributed by atoms with E-state index >= 15 is 0 Å². The van der Waals surface area contributed by atoms with E-state index in [0.717, 1.165) is 30.8 Å². The summed E-state index contributed by atoms with van der Waals surface area (Å²) in [6.45, 7) is 6.87. The molecule has 0 bridgehead atoms. The molecule has 0 aliphatic carbocycles. The fourth-order valence-corrected chi connectivity index (χ4v) is 1.80. The molecule has 3 nitrogen and oxygen atoms in total. The van der Waals surface area contributed by atoms with Gasteiger partial charge < -0.3 is 10.2 Å². The van der Waals surface area contributed by atoms with Gasteiger partial charge in [0, 0.05) is 19.6 Å². The van der Waals surface area contributed by atoms with Crippen molar-refractivity contribution in [2.24, 2.45) is 0 Å². The molecule has 1 heterocycles. The number of pyridine rings is 1. The number of rotatable bonds is 7. The third kappa shape index (κ3) is 3.86. The zero-order chi connectivity index (χ0) is 12.7. The summed E-state index contributed by atoms with van der Waals surface area (Å²) < 4.78 is 0. The molecule has 0 amide bonds. The SMILES string of the molecule is C=CCCN(C)c1ccc(C(CC)NC)nc1. The zero-order valence-electron chi connectivity index (χ0n) is 11.1. The lowest BCUT2D eigenvalue weighted by molar-refractivity contribution is 0.561. The van der Waals surface area contributed by atoms with Crippen molar-refractivity contribution in [2.45, 2.75) is 25.8 Å². The first-order valence-corrected chi connectivity index (χ1v) is 6.18. The topological polar surface area (TPSA) is 28.2 Å². The van der Waals surface area contributed by atoms with Crippen molar-refractivity contribution < 1.29 is 0 Å². The lowest BCUT2D eigenvalue weighted by Gasteiger charge is -2.19. The van der Waals surface area contributed by atoms with Crippen molar-refractivity contribution in [2.75, 3.05) is 25.5 Å². The van der Waals surface area contributed by atoms with Gasteiger partial charge in [-0.1, -0.05) is 13.0 Å². The normalized spacial score (nSPS) is 12.2. The molecule has 3 heteroatoms. The molecule has 17 heavy (non-hydrogen) atoms. The van der Waals surface area contributed by atoms with Crippen LogP contribution in [0.4, 0.5) is 5.69 Å². The van der Waals surface area contributed by atoms with Crippen LogP contribution in [0.5, 0.6) is 0 Å². The maximum Gasteiger partial charge on any atom is 0.0574 e. The van der Waals surface area contributed by atoms with Crippen LogP contribution in [0.1, 0.15) is 31.5 Å². The van der Waals surface area contributed by atoms with Crippen LogP contribution >= 0.6 is 0 Å². The quantitative estimate of drug-likeness (QED) is 0.734. The van der Waals surface area contributed by atoms with Crippen molar-refractivity contribution in [1.82, 2.24) is 10.3 Å². The molecule has 1 atom stereocenters. The maximum atomic E-state index is 4.52. The molecule has 0 saturated carbocycles. The average molecular weight is 233 g/mol. The van der Waals surface area contributed by atoms with Crippen LogP contribution in [0.3, 0.4) is 0 Å². The van der Waals surface area contributed by atoms with Crippen LogP contribution in [-0.2, 0) is 0 Å². The van der Waals surface area contributed by atoms with E-state index in [4.69, 9.17) is 0 Å². The van der Waals surface area contributed by atoms with Crippen LogP contribution < -0.4 is 10.2 Å². The van der Waals surface area contributed by atoms with Crippen molar-refractivity contribution in [3.63, 3.8) is 0 Å². The van der Waals surface area contributed by atoms with Crippen molar-refractivity contribution in [3.8, 4) is 0 Å². The molecule has 0 aromatic carbocycles. The molecule has 1 aromatic heterocycles. The van der Waals surface area contributed by atoms with Gasteiger partial charge in [-0.05, 0) is 32.0 Å². The highest BCUT2D eigenvalue weighted by Gasteiger charge is 2.08. The summed E-state index contributed by atoms with van der Waals surface area (Å²) in [4.78, 5) is 6.71. The van der Waals surface area contributed by atoms with Crippen molar-refractivity contribution in [1.29, 1.82) is 0 Å². The van der Waals surface area contributed by atoms with E-state index in [2.05, 4.69) is 47.9 Å². The second kappa shape index (κ2) is 7.07. The van der Waals surface area contributed by atoms with E-state index in [9.17, 15) is 0 Å². The molecule has 0 radical (unpaired) electrons. The Balaban J connectivity index is 2.69. The number of nitrogens with one attached hydrogen (secondary N) is 1. The minimum absolute atomic E-state index is 0.350. The molecule has 0 aliphatic rings. The van der Waals surface area contributed by atoms with Crippen LogP contribution in [0.2, 0.25) is 0 Å². The predicted molar refractivity (Wildman–Crippen MR) is 74.4 cm³/mol. The van der Waals surface area contributed by atoms with Gasteiger partial charge >= 0.3 is 0 Å². The van der Waals surface area contributed by atoms with Gasteiger partial charge in [-0.15, -0.1) is 6.58 Å². The summed E-state index contributed by atoms with van der Waals surface area (Å²) in [5.41, 5.74) is 2.26. The fourth-order valence-electron chi connectivity index (χ4n) is 1.80. The Kier molecular flexibility index (Phi) is 5.70. The van der Waals surface area contributed by atoms with Crippen molar-refractivity contribution >= 4 is 5.69 Å². The number of hydrogen-bond acceptors (Lipinski definition) is 3. The highest BCUT2D eigenvalue weighted by Crippen LogP contribution is 2.17. The Morgan fingerprint density at radius 2 is 2.29 bits per heavy atom. The predicted octanol–water partition coefficient (Wildman–Crippen LogP) is 2.76.